The molecule has 0 unspecified atom stereocenters. The second-order valence-corrected chi connectivity index (χ2v) is 8.57. The van der Waals surface area contributed by atoms with Gasteiger partial charge in [-0.15, -0.1) is 0 Å². The third kappa shape index (κ3) is 5.95. The fourth-order valence-corrected chi connectivity index (χ4v) is 3.70. The van der Waals surface area contributed by atoms with Crippen molar-refractivity contribution in [3.05, 3.63) is 105 Å². The van der Waals surface area contributed by atoms with Gasteiger partial charge in [-0.25, -0.2) is 4.39 Å². The lowest BCUT2D eigenvalue weighted by Crippen LogP contribution is -2.29. The van der Waals surface area contributed by atoms with E-state index in [1.54, 1.807) is 50.6 Å². The minimum Gasteiger partial charge on any atom is -0.497 e. The maximum atomic E-state index is 14.7. The zero-order valence-corrected chi connectivity index (χ0v) is 21.0. The van der Waals surface area contributed by atoms with Crippen LogP contribution in [0.15, 0.2) is 71.8 Å². The van der Waals surface area contributed by atoms with Crippen molar-refractivity contribution in [2.75, 3.05) is 12.4 Å². The Morgan fingerprint density at radius 1 is 1.00 bits per heavy atom. The van der Waals surface area contributed by atoms with Gasteiger partial charge in [-0.2, -0.15) is 0 Å². The smallest absolute Gasteiger partial charge is 0.259 e. The zero-order chi connectivity index (χ0) is 26.5. The van der Waals surface area contributed by atoms with Crippen molar-refractivity contribution < 1.29 is 18.7 Å². The molecule has 4 rings (SSSR count). The number of nitrogens with zero attached hydrogens (tertiary/aromatic N) is 2. The van der Waals surface area contributed by atoms with Crippen LogP contribution in [0, 0.1) is 19.7 Å². The Morgan fingerprint density at radius 3 is 2.43 bits per heavy atom. The highest BCUT2D eigenvalue weighted by atomic mass is 19.1. The molecule has 0 atom stereocenters. The summed E-state index contributed by atoms with van der Waals surface area (Å²) in [6.07, 6.45) is 3.14. The molecule has 8 nitrogen and oxygen atoms in total. The number of pyridine rings is 2. The summed E-state index contributed by atoms with van der Waals surface area (Å²) in [5.74, 6) is 0.103. The Balaban J connectivity index is 1.76. The zero-order valence-electron chi connectivity index (χ0n) is 21.0. The van der Waals surface area contributed by atoms with Crippen LogP contribution in [0.2, 0.25) is 0 Å². The van der Waals surface area contributed by atoms with Gasteiger partial charge < -0.3 is 20.1 Å². The van der Waals surface area contributed by atoms with Crippen molar-refractivity contribution in [3.63, 3.8) is 0 Å². The van der Waals surface area contributed by atoms with Crippen LogP contribution in [0.5, 0.6) is 17.2 Å². The average Bonchev–Trinajstić information content (AvgIpc) is 2.87. The van der Waals surface area contributed by atoms with E-state index in [9.17, 15) is 14.0 Å². The predicted octanol–water partition coefficient (Wildman–Crippen LogP) is 5.01. The van der Waals surface area contributed by atoms with Crippen molar-refractivity contribution in [2.45, 2.75) is 20.4 Å². The van der Waals surface area contributed by atoms with Crippen molar-refractivity contribution in [1.82, 2.24) is 14.9 Å². The van der Waals surface area contributed by atoms with Crippen LogP contribution in [-0.2, 0) is 13.6 Å². The van der Waals surface area contributed by atoms with Gasteiger partial charge in [-0.05, 0) is 60.9 Å². The molecule has 0 saturated carbocycles. The van der Waals surface area contributed by atoms with Gasteiger partial charge in [-0.1, -0.05) is 18.2 Å². The van der Waals surface area contributed by atoms with E-state index in [1.807, 2.05) is 19.1 Å². The summed E-state index contributed by atoms with van der Waals surface area (Å²) in [6.45, 7) is 3.82. The SMILES string of the molecule is COc1ccc(CNC(=O)c2c(Oc3cncc(C)c3)cc(=O)n(C)c2Nc2ccc(C)cc2F)cc1. The van der Waals surface area contributed by atoms with Crippen LogP contribution in [0.4, 0.5) is 15.9 Å². The number of hydrogen-bond acceptors (Lipinski definition) is 6. The number of benzene rings is 2. The molecule has 0 spiro atoms. The first-order valence-electron chi connectivity index (χ1n) is 11.5. The Labute approximate surface area is 213 Å². The Hall–Kier alpha value is -4.66. The topological polar surface area (TPSA) is 94.5 Å². The number of halogens is 1. The molecule has 190 valence electrons. The van der Waals surface area contributed by atoms with E-state index in [0.717, 1.165) is 16.7 Å². The molecule has 0 aliphatic rings. The monoisotopic (exact) mass is 502 g/mol. The predicted molar refractivity (Wildman–Crippen MR) is 139 cm³/mol. The summed E-state index contributed by atoms with van der Waals surface area (Å²) in [5, 5.41) is 5.79. The molecule has 0 saturated heterocycles. The number of amides is 1. The number of rotatable bonds is 8. The summed E-state index contributed by atoms with van der Waals surface area (Å²) in [5.41, 5.74) is 2.11. The van der Waals surface area contributed by atoms with Gasteiger partial charge in [0.25, 0.3) is 11.5 Å². The number of aryl methyl sites for hydroxylation is 2. The largest absolute Gasteiger partial charge is 0.497 e. The summed E-state index contributed by atoms with van der Waals surface area (Å²) < 4.78 is 27.1. The lowest BCUT2D eigenvalue weighted by Gasteiger charge is -2.19. The quantitative estimate of drug-likeness (QED) is 0.352. The van der Waals surface area contributed by atoms with Crippen molar-refractivity contribution in [3.8, 4) is 17.2 Å². The summed E-state index contributed by atoms with van der Waals surface area (Å²) >= 11 is 0. The molecule has 2 aromatic heterocycles. The molecule has 2 N–H and O–H groups in total. The van der Waals surface area contributed by atoms with Gasteiger partial charge in [0.05, 0.1) is 19.0 Å². The number of carbonyl (C=O) groups excluding carboxylic acids is 1. The van der Waals surface area contributed by atoms with Gasteiger partial charge in [0, 0.05) is 25.9 Å². The van der Waals surface area contributed by atoms with Crippen LogP contribution >= 0.6 is 0 Å². The molecule has 0 aliphatic heterocycles. The Bertz CT molecular complexity index is 1500. The third-order valence-electron chi connectivity index (χ3n) is 5.70. The molecule has 2 aromatic carbocycles. The fraction of sp³-hybridized carbons (Fsp3) is 0.179. The average molecular weight is 503 g/mol. The third-order valence-corrected chi connectivity index (χ3v) is 5.70. The van der Waals surface area contributed by atoms with Crippen LogP contribution in [0.1, 0.15) is 27.0 Å². The second kappa shape index (κ2) is 10.9. The highest BCUT2D eigenvalue weighted by Crippen LogP contribution is 2.32. The van der Waals surface area contributed by atoms with Crippen LogP contribution in [0.3, 0.4) is 0 Å². The summed E-state index contributed by atoms with van der Waals surface area (Å²) in [4.78, 5) is 30.5. The van der Waals surface area contributed by atoms with Crippen molar-refractivity contribution in [1.29, 1.82) is 0 Å². The van der Waals surface area contributed by atoms with E-state index in [4.69, 9.17) is 9.47 Å². The molecule has 1 amide bonds. The van der Waals surface area contributed by atoms with E-state index in [2.05, 4.69) is 15.6 Å². The fourth-order valence-electron chi connectivity index (χ4n) is 3.70. The number of aromatic nitrogens is 2. The lowest BCUT2D eigenvalue weighted by molar-refractivity contribution is 0.0948. The first-order chi connectivity index (χ1) is 17.7. The number of ether oxygens (including phenoxy) is 2. The number of hydrogen-bond donors (Lipinski definition) is 2. The molecule has 37 heavy (non-hydrogen) atoms. The minimum absolute atomic E-state index is 0.0118. The molecule has 0 bridgehead atoms. The van der Waals surface area contributed by atoms with Gasteiger partial charge in [0.15, 0.2) is 0 Å². The van der Waals surface area contributed by atoms with Gasteiger partial charge in [0.1, 0.15) is 34.4 Å². The Morgan fingerprint density at radius 2 is 1.76 bits per heavy atom. The molecule has 9 heteroatoms. The lowest BCUT2D eigenvalue weighted by atomic mass is 10.1. The van der Waals surface area contributed by atoms with Gasteiger partial charge in [-0.3, -0.25) is 19.1 Å². The molecule has 2 heterocycles. The highest BCUT2D eigenvalue weighted by Gasteiger charge is 2.23. The molecule has 0 radical (unpaired) electrons. The molecular formula is C28H27FN4O4. The normalized spacial score (nSPS) is 10.6. The number of nitrogens with one attached hydrogen (secondary N) is 2. The van der Waals surface area contributed by atoms with E-state index >= 15 is 0 Å². The van der Waals surface area contributed by atoms with E-state index < -0.39 is 17.3 Å². The molecule has 0 fully saturated rings. The number of anilines is 2. The maximum absolute atomic E-state index is 14.7. The summed E-state index contributed by atoms with van der Waals surface area (Å²) in [7, 11) is 3.07. The number of methoxy groups -OCH3 is 1. The first kappa shape index (κ1) is 25.4. The highest BCUT2D eigenvalue weighted by molar-refractivity contribution is 6.02. The van der Waals surface area contributed by atoms with Crippen molar-refractivity contribution in [2.24, 2.45) is 7.05 Å². The standard InChI is InChI=1S/C28H27FN4O4/c1-17-5-10-23(22(29)12-17)32-27-26(28(35)31-15-19-6-8-20(36-4)9-7-19)24(13-25(34)33(27)3)37-21-11-18(2)14-30-16-21/h5-14,16,32H,15H2,1-4H3,(H,31,35). The van der Waals surface area contributed by atoms with Crippen LogP contribution in [0.25, 0.3) is 0 Å². The molecule has 4 aromatic rings. The van der Waals surface area contributed by atoms with E-state index in [1.165, 1.54) is 29.9 Å². The van der Waals surface area contributed by atoms with Gasteiger partial charge >= 0.3 is 0 Å². The second-order valence-electron chi connectivity index (χ2n) is 8.57. The molecule has 0 aliphatic carbocycles. The van der Waals surface area contributed by atoms with E-state index in [0.29, 0.717) is 11.5 Å². The molecular weight excluding hydrogens is 475 g/mol. The first-order valence-corrected chi connectivity index (χ1v) is 11.5. The maximum Gasteiger partial charge on any atom is 0.259 e. The van der Waals surface area contributed by atoms with E-state index in [-0.39, 0.29) is 29.4 Å². The Kier molecular flexibility index (Phi) is 7.52. The number of carbonyl (C=O) groups is 1. The minimum atomic E-state index is -0.522. The van der Waals surface area contributed by atoms with Crippen LogP contribution < -0.4 is 25.7 Å². The van der Waals surface area contributed by atoms with Gasteiger partial charge in [0.2, 0.25) is 0 Å². The summed E-state index contributed by atoms with van der Waals surface area (Å²) in [6, 6.07) is 14.8. The van der Waals surface area contributed by atoms with Crippen molar-refractivity contribution >= 4 is 17.4 Å². The van der Waals surface area contributed by atoms with Crippen LogP contribution in [-0.4, -0.2) is 22.6 Å².